The summed E-state index contributed by atoms with van der Waals surface area (Å²) in [6, 6.07) is 14.9. The number of hydrogen-bond donors (Lipinski definition) is 0. The van der Waals surface area contributed by atoms with Gasteiger partial charge in [0.15, 0.2) is 0 Å². The second kappa shape index (κ2) is 7.66. The van der Waals surface area contributed by atoms with E-state index in [0.29, 0.717) is 11.1 Å². The van der Waals surface area contributed by atoms with Crippen LogP contribution in [0.4, 0.5) is 0 Å². The summed E-state index contributed by atoms with van der Waals surface area (Å²) >= 11 is 0. The maximum absolute atomic E-state index is 12.8. The number of carbonyl (C=O) groups excluding carboxylic acids is 2. The molecule has 4 heterocycles. The van der Waals surface area contributed by atoms with Crippen LogP contribution in [-0.4, -0.2) is 59.1 Å². The Morgan fingerprint density at radius 2 is 1.13 bits per heavy atom. The van der Waals surface area contributed by atoms with E-state index in [-0.39, 0.29) is 11.8 Å². The molecule has 8 nitrogen and oxygen atoms in total. The van der Waals surface area contributed by atoms with Crippen molar-refractivity contribution in [3.05, 3.63) is 72.1 Å². The smallest absolute Gasteiger partial charge is 0.279 e. The monoisotopic (exact) mass is 406 g/mol. The first kappa shape index (κ1) is 19.7. The maximum Gasteiger partial charge on any atom is 0.279 e. The Morgan fingerprint density at radius 1 is 0.733 bits per heavy atom. The van der Waals surface area contributed by atoms with Crippen molar-refractivity contribution in [3.63, 3.8) is 0 Å². The van der Waals surface area contributed by atoms with Gasteiger partial charge < -0.3 is 8.80 Å². The molecule has 0 fully saturated rings. The number of hydrogen-bond acceptors (Lipinski definition) is 4. The fourth-order valence-electron chi connectivity index (χ4n) is 3.55. The van der Waals surface area contributed by atoms with Crippen molar-refractivity contribution in [2.24, 2.45) is 0 Å². The molecule has 0 aliphatic rings. The Hall–Kier alpha value is -3.62. The summed E-state index contributed by atoms with van der Waals surface area (Å²) in [6.45, 7) is 0. The standard InChI is InChI=1S/C22H22N4O4/c1-23(29-3)21(27)15-13-19(25-11-7-5-9-17(15)25)20-14-16(22(28)24(2)30-4)18-10-6-8-12-26(18)20/h5-14H,1-4H3. The van der Waals surface area contributed by atoms with Crippen LogP contribution in [0.2, 0.25) is 0 Å². The molecule has 0 unspecified atom stereocenters. The van der Waals surface area contributed by atoms with Crippen LogP contribution in [0.25, 0.3) is 22.4 Å². The van der Waals surface area contributed by atoms with Gasteiger partial charge in [-0.15, -0.1) is 0 Å². The van der Waals surface area contributed by atoms with Gasteiger partial charge in [-0.05, 0) is 36.4 Å². The number of hydroxylamine groups is 4. The van der Waals surface area contributed by atoms with Gasteiger partial charge in [0.05, 0.1) is 47.8 Å². The molecule has 4 rings (SSSR count). The number of carbonyl (C=O) groups is 2. The lowest BCUT2D eigenvalue weighted by atomic mass is 10.2. The molecule has 4 aromatic rings. The molecule has 0 aliphatic heterocycles. The highest BCUT2D eigenvalue weighted by Gasteiger charge is 2.24. The SMILES string of the molecule is CON(C)C(=O)c1cc(-c2cc(C(=O)N(C)OC)c3ccccn23)n2ccccc12. The Bertz CT molecular complexity index is 1160. The molecule has 0 aliphatic carbocycles. The van der Waals surface area contributed by atoms with E-state index in [1.807, 2.05) is 69.7 Å². The van der Waals surface area contributed by atoms with Gasteiger partial charge in [0.25, 0.3) is 11.8 Å². The topological polar surface area (TPSA) is 67.9 Å². The molecule has 0 saturated heterocycles. The maximum atomic E-state index is 12.8. The van der Waals surface area contributed by atoms with Crippen molar-refractivity contribution in [1.82, 2.24) is 18.9 Å². The summed E-state index contributed by atoms with van der Waals surface area (Å²) in [7, 11) is 6.03. The highest BCUT2D eigenvalue weighted by Crippen LogP contribution is 2.31. The molecule has 30 heavy (non-hydrogen) atoms. The summed E-state index contributed by atoms with van der Waals surface area (Å²) < 4.78 is 3.86. The lowest BCUT2D eigenvalue weighted by Gasteiger charge is -2.12. The van der Waals surface area contributed by atoms with Gasteiger partial charge in [-0.3, -0.25) is 19.3 Å². The van der Waals surface area contributed by atoms with Crippen molar-refractivity contribution in [3.8, 4) is 11.4 Å². The number of rotatable bonds is 5. The van der Waals surface area contributed by atoms with Crippen molar-refractivity contribution in [1.29, 1.82) is 0 Å². The molecule has 2 amide bonds. The van der Waals surface area contributed by atoms with Crippen LogP contribution in [0.5, 0.6) is 0 Å². The second-order valence-corrected chi connectivity index (χ2v) is 6.77. The van der Waals surface area contributed by atoms with E-state index < -0.39 is 0 Å². The van der Waals surface area contributed by atoms with Crippen molar-refractivity contribution in [2.45, 2.75) is 0 Å². The molecular weight excluding hydrogens is 384 g/mol. The fourth-order valence-corrected chi connectivity index (χ4v) is 3.55. The van der Waals surface area contributed by atoms with Crippen LogP contribution >= 0.6 is 0 Å². The minimum atomic E-state index is -0.260. The van der Waals surface area contributed by atoms with Gasteiger partial charge in [-0.2, -0.15) is 0 Å². The lowest BCUT2D eigenvalue weighted by Crippen LogP contribution is -2.25. The third-order valence-electron chi connectivity index (χ3n) is 5.20. The Balaban J connectivity index is 1.98. The molecule has 0 spiro atoms. The van der Waals surface area contributed by atoms with Crippen molar-refractivity contribution < 1.29 is 19.3 Å². The molecule has 154 valence electrons. The summed E-state index contributed by atoms with van der Waals surface area (Å²) in [5, 5.41) is 2.37. The predicted molar refractivity (Wildman–Crippen MR) is 112 cm³/mol. The first-order valence-electron chi connectivity index (χ1n) is 9.32. The molecule has 0 radical (unpaired) electrons. The van der Waals surface area contributed by atoms with Crippen LogP contribution in [0.15, 0.2) is 60.9 Å². The molecule has 0 atom stereocenters. The zero-order valence-corrected chi connectivity index (χ0v) is 17.2. The van der Waals surface area contributed by atoms with Gasteiger partial charge in [-0.1, -0.05) is 12.1 Å². The third-order valence-corrected chi connectivity index (χ3v) is 5.20. The number of nitrogens with zero attached hydrogens (tertiary/aromatic N) is 4. The Morgan fingerprint density at radius 3 is 1.50 bits per heavy atom. The van der Waals surface area contributed by atoms with Crippen LogP contribution in [-0.2, 0) is 9.68 Å². The van der Waals surface area contributed by atoms with E-state index >= 15 is 0 Å². The van der Waals surface area contributed by atoms with E-state index in [4.69, 9.17) is 9.68 Å². The minimum absolute atomic E-state index is 0.260. The number of amides is 2. The van der Waals surface area contributed by atoms with E-state index in [9.17, 15) is 9.59 Å². The van der Waals surface area contributed by atoms with Crippen LogP contribution in [0, 0.1) is 0 Å². The van der Waals surface area contributed by atoms with E-state index in [1.54, 1.807) is 14.1 Å². The molecule has 0 N–H and O–H groups in total. The van der Waals surface area contributed by atoms with Gasteiger partial charge in [0, 0.05) is 26.5 Å². The molecule has 0 saturated carbocycles. The first-order chi connectivity index (χ1) is 14.5. The zero-order valence-electron chi connectivity index (χ0n) is 17.2. The summed E-state index contributed by atoms with van der Waals surface area (Å²) in [6.07, 6.45) is 3.78. The summed E-state index contributed by atoms with van der Waals surface area (Å²) in [5.74, 6) is -0.521. The van der Waals surface area contributed by atoms with Crippen LogP contribution in [0.3, 0.4) is 0 Å². The highest BCUT2D eigenvalue weighted by atomic mass is 16.7. The summed E-state index contributed by atoms with van der Waals surface area (Å²) in [5.41, 5.74) is 4.05. The van der Waals surface area contributed by atoms with E-state index in [2.05, 4.69) is 0 Å². The number of fused-ring (bicyclic) bond motifs is 2. The first-order valence-corrected chi connectivity index (χ1v) is 9.32. The molecule has 0 bridgehead atoms. The molecular formula is C22H22N4O4. The lowest BCUT2D eigenvalue weighted by molar-refractivity contribution is -0.0756. The Labute approximate surface area is 173 Å². The van der Waals surface area contributed by atoms with Crippen molar-refractivity contribution in [2.75, 3.05) is 28.3 Å². The normalized spacial score (nSPS) is 11.2. The molecule has 0 aromatic carbocycles. The average Bonchev–Trinajstić information content (AvgIpc) is 3.35. The second-order valence-electron chi connectivity index (χ2n) is 6.77. The van der Waals surface area contributed by atoms with E-state index in [1.165, 1.54) is 24.3 Å². The summed E-state index contributed by atoms with van der Waals surface area (Å²) in [4.78, 5) is 35.8. The van der Waals surface area contributed by atoms with Gasteiger partial charge in [-0.25, -0.2) is 10.1 Å². The third kappa shape index (κ3) is 3.02. The highest BCUT2D eigenvalue weighted by molar-refractivity contribution is 6.04. The van der Waals surface area contributed by atoms with Crippen molar-refractivity contribution >= 4 is 22.8 Å². The number of pyridine rings is 2. The van der Waals surface area contributed by atoms with E-state index in [0.717, 1.165) is 22.4 Å². The molecule has 4 aromatic heterocycles. The quantitative estimate of drug-likeness (QED) is 0.478. The minimum Gasteiger partial charge on any atom is -0.314 e. The van der Waals surface area contributed by atoms with Gasteiger partial charge in [0.1, 0.15) is 0 Å². The van der Waals surface area contributed by atoms with Crippen LogP contribution < -0.4 is 0 Å². The van der Waals surface area contributed by atoms with Crippen LogP contribution in [0.1, 0.15) is 20.7 Å². The zero-order chi connectivity index (χ0) is 21.4. The average molecular weight is 406 g/mol. The Kier molecular flexibility index (Phi) is 5.03. The molecule has 8 heteroatoms. The predicted octanol–water partition coefficient (Wildman–Crippen LogP) is 3.13. The largest absolute Gasteiger partial charge is 0.314 e. The van der Waals surface area contributed by atoms with Gasteiger partial charge in [0.2, 0.25) is 0 Å². The van der Waals surface area contributed by atoms with Gasteiger partial charge >= 0.3 is 0 Å². The fraction of sp³-hybridized carbons (Fsp3) is 0.182. The number of aromatic nitrogens is 2.